The van der Waals surface area contributed by atoms with E-state index in [1.54, 1.807) is 12.4 Å². The maximum absolute atomic E-state index is 5.63. The number of ether oxygens (including phenoxy) is 2. The van der Waals surface area contributed by atoms with E-state index >= 15 is 0 Å². The molecule has 0 aliphatic carbocycles. The molecule has 0 bridgehead atoms. The fraction of sp³-hybridized carbons (Fsp3) is 0.208. The van der Waals surface area contributed by atoms with Crippen LogP contribution in [0.5, 0.6) is 11.5 Å². The Balaban J connectivity index is 1.83. The van der Waals surface area contributed by atoms with Crippen molar-refractivity contribution < 1.29 is 9.47 Å². The van der Waals surface area contributed by atoms with Crippen molar-refractivity contribution in [2.24, 2.45) is 4.99 Å². The second-order valence-corrected chi connectivity index (χ2v) is 6.19. The summed E-state index contributed by atoms with van der Waals surface area (Å²) in [4.78, 5) is 4.26. The van der Waals surface area contributed by atoms with Crippen molar-refractivity contribution >= 4 is 17.9 Å². The number of benzene rings is 2. The number of aliphatic imine (C=N–C) groups is 1. The summed E-state index contributed by atoms with van der Waals surface area (Å²) in [7, 11) is 0. The van der Waals surface area contributed by atoms with Crippen LogP contribution in [-0.4, -0.2) is 18.9 Å². The van der Waals surface area contributed by atoms with E-state index in [9.17, 15) is 0 Å². The third-order valence-corrected chi connectivity index (χ3v) is 3.61. The monoisotopic (exact) mass is 361 g/mol. The first kappa shape index (κ1) is 20.2. The maximum Gasteiger partial charge on any atom is 0.119 e. The molecule has 0 aliphatic rings. The Hall–Kier alpha value is -3.07. The molecule has 2 aromatic carbocycles. The zero-order valence-electron chi connectivity index (χ0n) is 16.3. The van der Waals surface area contributed by atoms with Gasteiger partial charge in [0.15, 0.2) is 0 Å². The van der Waals surface area contributed by atoms with Crippen molar-refractivity contribution in [3.05, 3.63) is 84.6 Å². The van der Waals surface area contributed by atoms with E-state index < -0.39 is 0 Å². The van der Waals surface area contributed by atoms with Crippen LogP contribution in [-0.2, 0) is 0 Å². The predicted octanol–water partition coefficient (Wildman–Crippen LogP) is 6.18. The maximum atomic E-state index is 5.63. The van der Waals surface area contributed by atoms with Gasteiger partial charge in [-0.05, 0) is 73.9 Å². The number of allylic oxidation sites excluding steroid dienone is 3. The molecule has 0 atom stereocenters. The van der Waals surface area contributed by atoms with E-state index in [4.69, 9.17) is 9.47 Å². The smallest absolute Gasteiger partial charge is 0.119 e. The zero-order valence-corrected chi connectivity index (χ0v) is 16.3. The van der Waals surface area contributed by atoms with Crippen molar-refractivity contribution in [1.82, 2.24) is 0 Å². The Kier molecular flexibility index (Phi) is 8.11. The van der Waals surface area contributed by atoms with Crippen LogP contribution in [0.2, 0.25) is 0 Å². The molecule has 0 amide bonds. The van der Waals surface area contributed by atoms with Gasteiger partial charge in [0.2, 0.25) is 0 Å². The van der Waals surface area contributed by atoms with E-state index in [0.29, 0.717) is 6.61 Å². The number of rotatable bonds is 9. The van der Waals surface area contributed by atoms with Gasteiger partial charge in [-0.3, -0.25) is 4.99 Å². The lowest BCUT2D eigenvalue weighted by atomic mass is 10.1. The van der Waals surface area contributed by atoms with Gasteiger partial charge in [0.25, 0.3) is 0 Å². The molecule has 2 aromatic rings. The van der Waals surface area contributed by atoms with Gasteiger partial charge in [-0.2, -0.15) is 0 Å². The highest BCUT2D eigenvalue weighted by Gasteiger charge is 1.97. The summed E-state index contributed by atoms with van der Waals surface area (Å²) in [5.74, 6) is 1.75. The van der Waals surface area contributed by atoms with Gasteiger partial charge in [0.1, 0.15) is 11.5 Å². The Morgan fingerprint density at radius 3 is 2.33 bits per heavy atom. The summed E-state index contributed by atoms with van der Waals surface area (Å²) in [6.45, 7) is 10.7. The van der Waals surface area contributed by atoms with Crippen LogP contribution in [0.4, 0.5) is 0 Å². The Morgan fingerprint density at radius 1 is 1.04 bits per heavy atom. The lowest BCUT2D eigenvalue weighted by Crippen LogP contribution is -2.05. The van der Waals surface area contributed by atoms with E-state index in [-0.39, 0.29) is 6.10 Å². The van der Waals surface area contributed by atoms with Crippen LogP contribution in [0.3, 0.4) is 0 Å². The fourth-order valence-electron chi connectivity index (χ4n) is 2.35. The zero-order chi connectivity index (χ0) is 19.5. The lowest BCUT2D eigenvalue weighted by molar-refractivity contribution is 0.242. The molecule has 0 saturated carbocycles. The molecule has 3 heteroatoms. The molecule has 27 heavy (non-hydrogen) atoms. The number of hydrogen-bond acceptors (Lipinski definition) is 3. The number of hydrogen-bond donors (Lipinski definition) is 0. The molecule has 0 spiro atoms. The Labute approximate surface area is 162 Å². The highest BCUT2D eigenvalue weighted by atomic mass is 16.5. The molecule has 0 N–H and O–H groups in total. The molecule has 0 fully saturated rings. The molecule has 0 unspecified atom stereocenters. The minimum Gasteiger partial charge on any atom is -0.494 e. The quantitative estimate of drug-likeness (QED) is 0.394. The van der Waals surface area contributed by atoms with Crippen LogP contribution in [0.25, 0.3) is 11.6 Å². The van der Waals surface area contributed by atoms with Crippen molar-refractivity contribution in [3.8, 4) is 11.5 Å². The first-order chi connectivity index (χ1) is 13.1. The Bertz CT molecular complexity index is 797. The number of nitrogens with zero attached hydrogens (tertiary/aromatic N) is 1. The lowest BCUT2D eigenvalue weighted by Gasteiger charge is -2.09. The van der Waals surface area contributed by atoms with Crippen molar-refractivity contribution in [2.75, 3.05) is 6.61 Å². The highest BCUT2D eigenvalue weighted by Crippen LogP contribution is 2.18. The topological polar surface area (TPSA) is 30.8 Å². The summed E-state index contributed by atoms with van der Waals surface area (Å²) < 4.78 is 11.1. The molecular weight excluding hydrogens is 334 g/mol. The van der Waals surface area contributed by atoms with Gasteiger partial charge in [-0.25, -0.2) is 0 Å². The first-order valence-electron chi connectivity index (χ1n) is 9.13. The van der Waals surface area contributed by atoms with Crippen molar-refractivity contribution in [1.29, 1.82) is 0 Å². The summed E-state index contributed by atoms with van der Waals surface area (Å²) >= 11 is 0. The van der Waals surface area contributed by atoms with Crippen LogP contribution < -0.4 is 9.47 Å². The van der Waals surface area contributed by atoms with E-state index in [0.717, 1.165) is 28.2 Å². The third kappa shape index (κ3) is 7.37. The molecular formula is C24H27NO2. The van der Waals surface area contributed by atoms with E-state index in [2.05, 4.69) is 11.6 Å². The minimum atomic E-state index is 0.181. The largest absolute Gasteiger partial charge is 0.494 e. The molecule has 0 aliphatic heterocycles. The molecule has 2 rings (SSSR count). The Morgan fingerprint density at radius 2 is 1.70 bits per heavy atom. The molecule has 0 saturated heterocycles. The normalized spacial score (nSPS) is 11.7. The second-order valence-electron chi connectivity index (χ2n) is 6.19. The molecule has 140 valence electrons. The van der Waals surface area contributed by atoms with Gasteiger partial charge in [-0.1, -0.05) is 36.9 Å². The van der Waals surface area contributed by atoms with Gasteiger partial charge in [0.05, 0.1) is 12.7 Å². The molecule has 0 heterocycles. The minimum absolute atomic E-state index is 0.181. The summed E-state index contributed by atoms with van der Waals surface area (Å²) in [6.07, 6.45) is 9.45. The molecule has 0 aromatic heterocycles. The van der Waals surface area contributed by atoms with E-state index in [1.807, 2.05) is 87.5 Å². The fourth-order valence-corrected chi connectivity index (χ4v) is 2.35. The van der Waals surface area contributed by atoms with Crippen molar-refractivity contribution in [3.63, 3.8) is 0 Å². The summed E-state index contributed by atoms with van der Waals surface area (Å²) in [6, 6.07) is 15.8. The summed E-state index contributed by atoms with van der Waals surface area (Å²) in [5, 5.41) is 0. The average Bonchev–Trinajstić information content (AvgIpc) is 2.66. The van der Waals surface area contributed by atoms with Crippen LogP contribution >= 0.6 is 0 Å². The van der Waals surface area contributed by atoms with Crippen LogP contribution in [0, 0.1) is 0 Å². The molecule has 0 radical (unpaired) electrons. The standard InChI is InChI=1S/C24H27NO2/c1-5-26-23-14-10-22(11-15-23)20(4)7-6-17-25-18-16-21-8-12-24(13-9-21)27-19(2)3/h6-19H,4-5H2,1-3H3/b7-6-,18-16+,25-17+. The predicted molar refractivity (Wildman–Crippen MR) is 116 cm³/mol. The second kappa shape index (κ2) is 10.8. The van der Waals surface area contributed by atoms with Gasteiger partial charge in [-0.15, -0.1) is 0 Å². The molecule has 3 nitrogen and oxygen atoms in total. The van der Waals surface area contributed by atoms with Gasteiger partial charge >= 0.3 is 0 Å². The van der Waals surface area contributed by atoms with Crippen molar-refractivity contribution in [2.45, 2.75) is 26.9 Å². The van der Waals surface area contributed by atoms with Crippen LogP contribution in [0.15, 0.2) is 78.5 Å². The third-order valence-electron chi connectivity index (χ3n) is 3.61. The highest BCUT2D eigenvalue weighted by molar-refractivity contribution is 5.80. The average molecular weight is 361 g/mol. The van der Waals surface area contributed by atoms with Gasteiger partial charge in [0, 0.05) is 12.4 Å². The summed E-state index contributed by atoms with van der Waals surface area (Å²) in [5.41, 5.74) is 3.06. The first-order valence-corrected chi connectivity index (χ1v) is 9.13. The van der Waals surface area contributed by atoms with E-state index in [1.165, 1.54) is 0 Å². The van der Waals surface area contributed by atoms with Crippen LogP contribution in [0.1, 0.15) is 31.9 Å². The SMILES string of the molecule is C=C(\C=C/C=N/C=C/c1ccc(OC(C)C)cc1)c1ccc(OCC)cc1. The van der Waals surface area contributed by atoms with Gasteiger partial charge < -0.3 is 9.47 Å².